The standard InChI is InChI=1S/C53H57FN8O6/c1-33-9-10-36(7-6-21-55)29-42(33)52(66)56-34(2)39-15-13-37(43-30-38(53(67)68)14-16-40(39)43)12-11-35-19-23-60(24-20-35)22-5-4-8-49(64)62-27-25-61(26-28-62)47-32-46-44(31-45(47)54)50(58-59(46)3)41-17-18-48(63)57-51(41)65/h9-10,13-16,29-32,34-35,41H,4-5,8,17-28,55H2,1-3H3,(H,56,66)(H,67,68)(H,57,63,65)/t34-,41?/m1/s1. The van der Waals surface area contributed by atoms with Gasteiger partial charge in [0.1, 0.15) is 5.82 Å². The van der Waals surface area contributed by atoms with Crippen molar-refractivity contribution in [2.45, 2.75) is 70.8 Å². The number of benzene rings is 4. The van der Waals surface area contributed by atoms with Crippen LogP contribution in [-0.2, 0) is 21.4 Å². The number of amides is 4. The number of aryl methyl sites for hydroxylation is 2. The van der Waals surface area contributed by atoms with Gasteiger partial charge < -0.3 is 30.9 Å². The van der Waals surface area contributed by atoms with Gasteiger partial charge in [-0.1, -0.05) is 41.9 Å². The normalized spacial score (nSPS) is 17.3. The van der Waals surface area contributed by atoms with E-state index in [1.807, 2.05) is 47.9 Å². The summed E-state index contributed by atoms with van der Waals surface area (Å²) in [4.78, 5) is 69.2. The number of carboxylic acid groups (broad SMARTS) is 1. The van der Waals surface area contributed by atoms with Crippen LogP contribution in [0.1, 0.15) is 112 Å². The molecule has 3 saturated heterocycles. The summed E-state index contributed by atoms with van der Waals surface area (Å²) in [6.45, 7) is 8.69. The van der Waals surface area contributed by atoms with Crippen LogP contribution in [-0.4, -0.2) is 107 Å². The highest BCUT2D eigenvalue weighted by Gasteiger charge is 2.33. The minimum absolute atomic E-state index is 0.108. The summed E-state index contributed by atoms with van der Waals surface area (Å²) < 4.78 is 17.3. The molecule has 3 aliphatic heterocycles. The van der Waals surface area contributed by atoms with Crippen molar-refractivity contribution in [3.63, 3.8) is 0 Å². The van der Waals surface area contributed by atoms with Crippen molar-refractivity contribution in [3.05, 3.63) is 106 Å². The van der Waals surface area contributed by atoms with Crippen LogP contribution in [0.15, 0.2) is 60.7 Å². The quantitative estimate of drug-likeness (QED) is 0.0721. The lowest BCUT2D eigenvalue weighted by molar-refractivity contribution is -0.134. The van der Waals surface area contributed by atoms with E-state index < -0.39 is 23.6 Å². The Morgan fingerprint density at radius 2 is 1.71 bits per heavy atom. The third kappa shape index (κ3) is 10.5. The molecule has 0 radical (unpaired) electrons. The number of carboxylic acids is 1. The monoisotopic (exact) mass is 920 g/mol. The van der Waals surface area contributed by atoms with Crippen LogP contribution in [0.3, 0.4) is 0 Å². The van der Waals surface area contributed by atoms with E-state index in [9.17, 15) is 29.1 Å². The van der Waals surface area contributed by atoms with Gasteiger partial charge in [-0.15, -0.1) is 0 Å². The maximum absolute atomic E-state index is 15.6. The second kappa shape index (κ2) is 20.8. The van der Waals surface area contributed by atoms with Crippen molar-refractivity contribution in [2.24, 2.45) is 18.7 Å². The Bertz CT molecular complexity index is 2930. The van der Waals surface area contributed by atoms with E-state index in [1.165, 1.54) is 6.07 Å². The highest BCUT2D eigenvalue weighted by Crippen LogP contribution is 2.35. The maximum Gasteiger partial charge on any atom is 0.335 e. The number of hydrogen-bond donors (Lipinski definition) is 4. The number of aromatic carboxylic acids is 1. The van der Waals surface area contributed by atoms with Crippen molar-refractivity contribution < 1.29 is 33.5 Å². The predicted octanol–water partition coefficient (Wildman–Crippen LogP) is 5.78. The molecule has 4 aromatic carbocycles. The molecule has 1 unspecified atom stereocenters. The number of imide groups is 1. The summed E-state index contributed by atoms with van der Waals surface area (Å²) in [7, 11) is 1.76. The van der Waals surface area contributed by atoms with E-state index in [1.54, 1.807) is 42.1 Å². The number of aromatic nitrogens is 2. The average Bonchev–Trinajstić information content (AvgIpc) is 3.65. The highest BCUT2D eigenvalue weighted by molar-refractivity contribution is 6.03. The first kappa shape index (κ1) is 47.4. The molecule has 68 heavy (non-hydrogen) atoms. The second-order valence-corrected chi connectivity index (χ2v) is 18.0. The van der Waals surface area contributed by atoms with E-state index in [4.69, 9.17) is 5.73 Å². The smallest absolute Gasteiger partial charge is 0.335 e. The Hall–Kier alpha value is -7.07. The van der Waals surface area contributed by atoms with Crippen molar-refractivity contribution in [3.8, 4) is 23.7 Å². The van der Waals surface area contributed by atoms with Gasteiger partial charge in [-0.2, -0.15) is 5.10 Å². The minimum atomic E-state index is -1.03. The molecule has 352 valence electrons. The number of piperidine rings is 2. The number of nitrogens with one attached hydrogen (secondary N) is 2. The van der Waals surface area contributed by atoms with E-state index in [0.717, 1.165) is 72.8 Å². The largest absolute Gasteiger partial charge is 0.478 e. The van der Waals surface area contributed by atoms with Gasteiger partial charge in [-0.25, -0.2) is 9.18 Å². The summed E-state index contributed by atoms with van der Waals surface area (Å²) in [5.41, 5.74) is 10.9. The number of unbranched alkanes of at least 4 members (excludes halogenated alkanes) is 1. The van der Waals surface area contributed by atoms with E-state index in [-0.39, 0.29) is 48.2 Å². The molecule has 1 aromatic heterocycles. The van der Waals surface area contributed by atoms with Gasteiger partial charge >= 0.3 is 5.97 Å². The molecule has 0 saturated carbocycles. The van der Waals surface area contributed by atoms with Crippen LogP contribution in [0.5, 0.6) is 0 Å². The number of halogens is 1. The van der Waals surface area contributed by atoms with E-state index in [0.29, 0.717) is 72.4 Å². The molecule has 0 spiro atoms. The number of piperazine rings is 1. The first-order valence-corrected chi connectivity index (χ1v) is 23.4. The second-order valence-electron chi connectivity index (χ2n) is 18.0. The fourth-order valence-corrected chi connectivity index (χ4v) is 9.64. The predicted molar refractivity (Wildman–Crippen MR) is 258 cm³/mol. The lowest BCUT2D eigenvalue weighted by Crippen LogP contribution is -2.49. The van der Waals surface area contributed by atoms with Crippen LogP contribution >= 0.6 is 0 Å². The zero-order valence-corrected chi connectivity index (χ0v) is 38.8. The number of carbonyl (C=O) groups is 5. The van der Waals surface area contributed by atoms with Crippen LogP contribution in [0.2, 0.25) is 0 Å². The number of rotatable bonds is 11. The number of anilines is 1. The molecule has 2 atom stereocenters. The van der Waals surface area contributed by atoms with Gasteiger partial charge in [-0.05, 0) is 130 Å². The third-order valence-electron chi connectivity index (χ3n) is 13.5. The molecule has 3 fully saturated rings. The van der Waals surface area contributed by atoms with Crippen LogP contribution in [0, 0.1) is 42.3 Å². The van der Waals surface area contributed by atoms with Crippen molar-refractivity contribution in [1.29, 1.82) is 0 Å². The SMILES string of the molecule is Cc1ccc(C#CCN)cc1C(=O)N[C@H](C)c1ccc(C#CC2CCN(CCCCC(=O)N3CCN(c4cc5c(cc4F)c(C4CCC(=O)NC4=O)nn5C)CC3)CC2)c2cc(C(=O)O)ccc12. The zero-order valence-electron chi connectivity index (χ0n) is 38.8. The number of nitrogens with zero attached hydrogens (tertiary/aromatic N) is 5. The number of likely N-dealkylation sites (tertiary alicyclic amines) is 1. The van der Waals surface area contributed by atoms with Crippen LogP contribution < -0.4 is 21.3 Å². The topological polar surface area (TPSA) is 183 Å². The van der Waals surface area contributed by atoms with Crippen LogP contribution in [0.25, 0.3) is 21.7 Å². The molecular formula is C53H57FN8O6. The molecule has 8 rings (SSSR count). The van der Waals surface area contributed by atoms with Gasteiger partial charge in [0.25, 0.3) is 5.91 Å². The number of carbonyl (C=O) groups excluding carboxylic acids is 4. The van der Waals surface area contributed by atoms with Crippen molar-refractivity contribution in [1.82, 2.24) is 30.2 Å². The van der Waals surface area contributed by atoms with Gasteiger partial charge in [0.2, 0.25) is 17.7 Å². The molecular weight excluding hydrogens is 864 g/mol. The fraction of sp³-hybridized carbons (Fsp3) is 0.396. The molecule has 5 N–H and O–H groups in total. The van der Waals surface area contributed by atoms with E-state index in [2.05, 4.69) is 44.3 Å². The Morgan fingerprint density at radius 1 is 0.926 bits per heavy atom. The first-order chi connectivity index (χ1) is 32.8. The number of nitrogens with two attached hydrogens (primary N) is 1. The molecule has 4 amide bonds. The number of fused-ring (bicyclic) bond motifs is 2. The summed E-state index contributed by atoms with van der Waals surface area (Å²) in [5, 5.41) is 22.0. The summed E-state index contributed by atoms with van der Waals surface area (Å²) in [6, 6.07) is 17.2. The number of hydrogen-bond acceptors (Lipinski definition) is 9. The lowest BCUT2D eigenvalue weighted by Gasteiger charge is -2.36. The van der Waals surface area contributed by atoms with Gasteiger partial charge in [-0.3, -0.25) is 29.2 Å². The molecule has 0 bridgehead atoms. The molecule has 5 aromatic rings. The van der Waals surface area contributed by atoms with E-state index >= 15 is 4.39 Å². The Kier molecular flexibility index (Phi) is 14.5. The first-order valence-electron chi connectivity index (χ1n) is 23.4. The van der Waals surface area contributed by atoms with Crippen molar-refractivity contribution in [2.75, 3.05) is 57.3 Å². The van der Waals surface area contributed by atoms with Gasteiger partial charge in [0.05, 0.1) is 41.0 Å². The Labute approximate surface area is 395 Å². The fourth-order valence-electron chi connectivity index (χ4n) is 9.64. The Balaban J connectivity index is 0.806. The van der Waals surface area contributed by atoms with Gasteiger partial charge in [0, 0.05) is 74.1 Å². The zero-order chi connectivity index (χ0) is 48.1. The summed E-state index contributed by atoms with van der Waals surface area (Å²) in [6.07, 6.45) is 4.50. The van der Waals surface area contributed by atoms with Crippen molar-refractivity contribution >= 4 is 57.0 Å². The average molecular weight is 921 g/mol. The van der Waals surface area contributed by atoms with Crippen LogP contribution in [0.4, 0.5) is 10.1 Å². The highest BCUT2D eigenvalue weighted by atomic mass is 19.1. The minimum Gasteiger partial charge on any atom is -0.478 e. The molecule has 4 heterocycles. The summed E-state index contributed by atoms with van der Waals surface area (Å²) in [5.74, 6) is 9.94. The summed E-state index contributed by atoms with van der Waals surface area (Å²) >= 11 is 0. The third-order valence-corrected chi connectivity index (χ3v) is 13.5. The molecule has 14 nitrogen and oxygen atoms in total. The lowest BCUT2D eigenvalue weighted by atomic mass is 9.92. The maximum atomic E-state index is 15.6. The molecule has 0 aliphatic carbocycles. The Morgan fingerprint density at radius 3 is 2.44 bits per heavy atom. The molecule has 15 heteroatoms. The van der Waals surface area contributed by atoms with Gasteiger partial charge in [0.15, 0.2) is 0 Å². The molecule has 3 aliphatic rings.